The third-order valence-corrected chi connectivity index (χ3v) is 6.78. The monoisotopic (exact) mass is 446 g/mol. The van der Waals surface area contributed by atoms with E-state index in [0.717, 1.165) is 32.1 Å². The van der Waals surface area contributed by atoms with Crippen molar-refractivity contribution in [3.63, 3.8) is 0 Å². The second kappa shape index (κ2) is 11.8. The Kier molecular flexibility index (Phi) is 8.36. The van der Waals surface area contributed by atoms with Crippen LogP contribution in [0.15, 0.2) is 91.0 Å². The first-order chi connectivity index (χ1) is 16.8. The van der Waals surface area contributed by atoms with Gasteiger partial charge in [0.05, 0.1) is 0 Å². The molecule has 0 saturated heterocycles. The molecule has 4 aromatic rings. The van der Waals surface area contributed by atoms with Gasteiger partial charge in [-0.05, 0) is 75.8 Å². The Morgan fingerprint density at radius 3 is 1.00 bits per heavy atom. The van der Waals surface area contributed by atoms with Gasteiger partial charge < -0.3 is 0 Å². The molecule has 0 amide bonds. The SMILES string of the molecule is CCCCc1c(-c2ccccc2)c(CCC)c(-c2ccccc2)c(CCC)c1-c1ccccc1. The molecule has 0 spiro atoms. The minimum absolute atomic E-state index is 1.10. The predicted octanol–water partition coefficient (Wildman–Crippen LogP) is 9.94. The van der Waals surface area contributed by atoms with Crippen LogP contribution in [0.2, 0.25) is 0 Å². The predicted molar refractivity (Wildman–Crippen MR) is 149 cm³/mol. The minimum Gasteiger partial charge on any atom is -0.0654 e. The molecule has 0 fully saturated rings. The van der Waals surface area contributed by atoms with Crippen LogP contribution >= 0.6 is 0 Å². The highest BCUT2D eigenvalue weighted by atomic mass is 14.3. The van der Waals surface area contributed by atoms with Crippen molar-refractivity contribution in [3.8, 4) is 33.4 Å². The zero-order valence-electron chi connectivity index (χ0n) is 21.1. The number of hydrogen-bond donors (Lipinski definition) is 0. The summed E-state index contributed by atoms with van der Waals surface area (Å²) in [7, 11) is 0. The first-order valence-corrected chi connectivity index (χ1v) is 13.2. The zero-order chi connectivity index (χ0) is 23.8. The molecule has 0 heterocycles. The highest BCUT2D eigenvalue weighted by molar-refractivity contribution is 5.92. The molecule has 0 aliphatic rings. The number of unbranched alkanes of at least 4 members (excludes halogenated alkanes) is 1. The van der Waals surface area contributed by atoms with Crippen molar-refractivity contribution in [1.29, 1.82) is 0 Å². The van der Waals surface area contributed by atoms with Crippen molar-refractivity contribution in [1.82, 2.24) is 0 Å². The zero-order valence-corrected chi connectivity index (χ0v) is 21.1. The minimum atomic E-state index is 1.10. The lowest BCUT2D eigenvalue weighted by molar-refractivity contribution is 0.792. The van der Waals surface area contributed by atoms with E-state index in [-0.39, 0.29) is 0 Å². The van der Waals surface area contributed by atoms with Crippen molar-refractivity contribution < 1.29 is 0 Å². The standard InChI is InChI=1S/C34H38/c1-4-7-25-31-33(27-21-13-9-14-22-27)29(17-5-2)32(26-19-11-8-12-20-26)30(18-6-3)34(31)28-23-15-10-16-24-28/h8-16,19-24H,4-7,17-18,25H2,1-3H3. The second-order valence-electron chi connectivity index (χ2n) is 9.26. The lowest BCUT2D eigenvalue weighted by atomic mass is 9.76. The van der Waals surface area contributed by atoms with Crippen molar-refractivity contribution >= 4 is 0 Å². The van der Waals surface area contributed by atoms with E-state index >= 15 is 0 Å². The maximum atomic E-state index is 2.32. The van der Waals surface area contributed by atoms with Crippen LogP contribution in [0.4, 0.5) is 0 Å². The summed E-state index contributed by atoms with van der Waals surface area (Å²) in [5, 5.41) is 0. The number of rotatable bonds is 10. The fourth-order valence-electron chi connectivity index (χ4n) is 5.38. The Morgan fingerprint density at radius 2 is 0.706 bits per heavy atom. The summed E-state index contributed by atoms with van der Waals surface area (Å²) in [6, 6.07) is 33.4. The number of benzene rings is 4. The highest BCUT2D eigenvalue weighted by Crippen LogP contribution is 2.46. The van der Waals surface area contributed by atoms with Crippen molar-refractivity contribution in [2.24, 2.45) is 0 Å². The van der Waals surface area contributed by atoms with Gasteiger partial charge in [-0.2, -0.15) is 0 Å². The van der Waals surface area contributed by atoms with Gasteiger partial charge in [0.2, 0.25) is 0 Å². The molecule has 0 aromatic heterocycles. The Balaban J connectivity index is 2.21. The van der Waals surface area contributed by atoms with Gasteiger partial charge in [-0.1, -0.05) is 131 Å². The third kappa shape index (κ3) is 5.02. The van der Waals surface area contributed by atoms with Crippen LogP contribution < -0.4 is 0 Å². The summed E-state index contributed by atoms with van der Waals surface area (Å²) in [5.74, 6) is 0. The van der Waals surface area contributed by atoms with E-state index in [1.807, 2.05) is 0 Å². The molecule has 0 atom stereocenters. The lowest BCUT2D eigenvalue weighted by Gasteiger charge is -2.28. The maximum absolute atomic E-state index is 2.32. The average molecular weight is 447 g/mol. The van der Waals surface area contributed by atoms with Crippen LogP contribution in [0.1, 0.15) is 63.1 Å². The Bertz CT molecular complexity index is 1100. The average Bonchev–Trinajstić information content (AvgIpc) is 2.89. The topological polar surface area (TPSA) is 0 Å². The fraction of sp³-hybridized carbons (Fsp3) is 0.294. The van der Waals surface area contributed by atoms with E-state index in [1.165, 1.54) is 57.3 Å². The van der Waals surface area contributed by atoms with Crippen LogP contribution in [-0.2, 0) is 19.3 Å². The van der Waals surface area contributed by atoms with E-state index in [2.05, 4.69) is 112 Å². The van der Waals surface area contributed by atoms with Crippen LogP contribution in [0.3, 0.4) is 0 Å². The van der Waals surface area contributed by atoms with Gasteiger partial charge in [-0.25, -0.2) is 0 Å². The molecular formula is C34H38. The van der Waals surface area contributed by atoms with Crippen molar-refractivity contribution in [2.45, 2.75) is 65.7 Å². The first kappa shape index (κ1) is 24.0. The summed E-state index contributed by atoms with van der Waals surface area (Å²) < 4.78 is 0. The molecule has 0 nitrogen and oxygen atoms in total. The molecule has 174 valence electrons. The summed E-state index contributed by atoms with van der Waals surface area (Å²) in [6.07, 6.45) is 8.01. The first-order valence-electron chi connectivity index (χ1n) is 13.2. The molecule has 0 aliphatic heterocycles. The Hall–Kier alpha value is -3.12. The largest absolute Gasteiger partial charge is 0.0654 e. The highest BCUT2D eigenvalue weighted by Gasteiger charge is 2.25. The van der Waals surface area contributed by atoms with Gasteiger partial charge in [0, 0.05) is 0 Å². The van der Waals surface area contributed by atoms with Crippen LogP contribution in [0.25, 0.3) is 33.4 Å². The van der Waals surface area contributed by atoms with Gasteiger partial charge in [0.15, 0.2) is 0 Å². The van der Waals surface area contributed by atoms with Gasteiger partial charge in [-0.15, -0.1) is 0 Å². The van der Waals surface area contributed by atoms with Crippen molar-refractivity contribution in [3.05, 3.63) is 108 Å². The molecule has 0 bridgehead atoms. The molecule has 0 unspecified atom stereocenters. The summed E-state index contributed by atoms with van der Waals surface area (Å²) in [5.41, 5.74) is 13.1. The smallest absolute Gasteiger partial charge is 0.0107 e. The van der Waals surface area contributed by atoms with Gasteiger partial charge in [0.25, 0.3) is 0 Å². The third-order valence-electron chi connectivity index (χ3n) is 6.78. The molecule has 34 heavy (non-hydrogen) atoms. The number of hydrogen-bond acceptors (Lipinski definition) is 0. The lowest BCUT2D eigenvalue weighted by Crippen LogP contribution is -2.08. The Labute approximate surface area is 206 Å². The van der Waals surface area contributed by atoms with Gasteiger partial charge >= 0.3 is 0 Å². The van der Waals surface area contributed by atoms with E-state index < -0.39 is 0 Å². The van der Waals surface area contributed by atoms with E-state index in [1.54, 1.807) is 5.56 Å². The molecule has 4 aromatic carbocycles. The molecule has 0 aliphatic carbocycles. The molecular weight excluding hydrogens is 408 g/mol. The summed E-state index contributed by atoms with van der Waals surface area (Å²) in [4.78, 5) is 0. The maximum Gasteiger partial charge on any atom is -0.0107 e. The quantitative estimate of drug-likeness (QED) is 0.227. The molecule has 0 radical (unpaired) electrons. The summed E-state index contributed by atoms with van der Waals surface area (Å²) >= 11 is 0. The molecule has 4 rings (SSSR count). The van der Waals surface area contributed by atoms with Gasteiger partial charge in [0.1, 0.15) is 0 Å². The normalized spacial score (nSPS) is 11.0. The van der Waals surface area contributed by atoms with Crippen LogP contribution in [0, 0.1) is 0 Å². The van der Waals surface area contributed by atoms with E-state index in [4.69, 9.17) is 0 Å². The van der Waals surface area contributed by atoms with Gasteiger partial charge in [-0.3, -0.25) is 0 Å². The molecule has 0 heteroatoms. The Morgan fingerprint density at radius 1 is 0.382 bits per heavy atom. The molecule has 0 N–H and O–H groups in total. The fourth-order valence-corrected chi connectivity index (χ4v) is 5.38. The van der Waals surface area contributed by atoms with Crippen LogP contribution in [-0.4, -0.2) is 0 Å². The van der Waals surface area contributed by atoms with Crippen LogP contribution in [0.5, 0.6) is 0 Å². The van der Waals surface area contributed by atoms with E-state index in [0.29, 0.717) is 0 Å². The second-order valence-corrected chi connectivity index (χ2v) is 9.26. The van der Waals surface area contributed by atoms with E-state index in [9.17, 15) is 0 Å². The summed E-state index contributed by atoms with van der Waals surface area (Å²) in [6.45, 7) is 6.95. The molecule has 0 saturated carbocycles. The van der Waals surface area contributed by atoms with Crippen molar-refractivity contribution in [2.75, 3.05) is 0 Å².